The average molecular weight is 265 g/mol. The molecule has 3 fully saturated rings. The Kier molecular flexibility index (Phi) is 4.45. The standard InChI is InChI=1S/C16H31N3/c1-18(2)15-9-10-19(12-15)11-14-8-7-13-5-3-4-6-16(13)17-14/h13-17H,3-12H2,1-2H3. The third kappa shape index (κ3) is 3.32. The van der Waals surface area contributed by atoms with E-state index in [2.05, 4.69) is 29.2 Å². The highest BCUT2D eigenvalue weighted by atomic mass is 15.2. The number of hydrogen-bond acceptors (Lipinski definition) is 3. The van der Waals surface area contributed by atoms with Crippen molar-refractivity contribution in [2.24, 2.45) is 5.92 Å². The third-order valence-electron chi connectivity index (χ3n) is 5.70. The van der Waals surface area contributed by atoms with Crippen LogP contribution in [0.1, 0.15) is 44.9 Å². The number of nitrogens with zero attached hydrogens (tertiary/aromatic N) is 2. The van der Waals surface area contributed by atoms with Gasteiger partial charge in [0.2, 0.25) is 0 Å². The van der Waals surface area contributed by atoms with Crippen LogP contribution >= 0.6 is 0 Å². The van der Waals surface area contributed by atoms with Gasteiger partial charge in [0.05, 0.1) is 0 Å². The Bertz CT molecular complexity index is 292. The van der Waals surface area contributed by atoms with Gasteiger partial charge in [-0.15, -0.1) is 0 Å². The minimum Gasteiger partial charge on any atom is -0.310 e. The molecule has 0 aromatic carbocycles. The van der Waals surface area contributed by atoms with Gasteiger partial charge in [-0.3, -0.25) is 0 Å². The highest BCUT2D eigenvalue weighted by molar-refractivity contribution is 4.92. The smallest absolute Gasteiger partial charge is 0.0229 e. The topological polar surface area (TPSA) is 18.5 Å². The lowest BCUT2D eigenvalue weighted by Crippen LogP contribution is -2.52. The first-order valence-corrected chi connectivity index (χ1v) is 8.37. The quantitative estimate of drug-likeness (QED) is 0.841. The molecule has 19 heavy (non-hydrogen) atoms. The maximum Gasteiger partial charge on any atom is 0.0229 e. The van der Waals surface area contributed by atoms with Gasteiger partial charge in [0, 0.05) is 31.2 Å². The van der Waals surface area contributed by atoms with E-state index in [1.165, 1.54) is 64.6 Å². The van der Waals surface area contributed by atoms with Crippen molar-refractivity contribution in [1.82, 2.24) is 15.1 Å². The molecule has 1 aliphatic carbocycles. The summed E-state index contributed by atoms with van der Waals surface area (Å²) in [4.78, 5) is 5.08. The lowest BCUT2D eigenvalue weighted by molar-refractivity contribution is 0.149. The fourth-order valence-electron chi connectivity index (χ4n) is 4.43. The largest absolute Gasteiger partial charge is 0.310 e. The summed E-state index contributed by atoms with van der Waals surface area (Å²) in [6.07, 6.45) is 10.1. The summed E-state index contributed by atoms with van der Waals surface area (Å²) < 4.78 is 0. The van der Waals surface area contributed by atoms with Gasteiger partial charge in [-0.25, -0.2) is 0 Å². The second-order valence-electron chi connectivity index (χ2n) is 7.26. The van der Waals surface area contributed by atoms with Gasteiger partial charge < -0.3 is 15.1 Å². The maximum absolute atomic E-state index is 3.97. The molecule has 3 nitrogen and oxygen atoms in total. The van der Waals surface area contributed by atoms with Crippen LogP contribution in [0, 0.1) is 5.92 Å². The summed E-state index contributed by atoms with van der Waals surface area (Å²) in [5.74, 6) is 0.998. The second kappa shape index (κ2) is 6.11. The monoisotopic (exact) mass is 265 g/mol. The number of hydrogen-bond donors (Lipinski definition) is 1. The average Bonchev–Trinajstić information content (AvgIpc) is 2.87. The lowest BCUT2D eigenvalue weighted by Gasteiger charge is -2.41. The molecule has 0 bridgehead atoms. The van der Waals surface area contributed by atoms with Gasteiger partial charge in [-0.1, -0.05) is 12.8 Å². The summed E-state index contributed by atoms with van der Waals surface area (Å²) in [5, 5.41) is 3.97. The van der Waals surface area contributed by atoms with Crippen LogP contribution in [0.5, 0.6) is 0 Å². The zero-order chi connectivity index (χ0) is 13.2. The molecule has 4 atom stereocenters. The zero-order valence-corrected chi connectivity index (χ0v) is 12.8. The van der Waals surface area contributed by atoms with E-state index in [4.69, 9.17) is 0 Å². The van der Waals surface area contributed by atoms with Crippen molar-refractivity contribution in [3.05, 3.63) is 0 Å². The molecule has 3 rings (SSSR count). The van der Waals surface area contributed by atoms with Gasteiger partial charge >= 0.3 is 0 Å². The van der Waals surface area contributed by atoms with E-state index in [1.54, 1.807) is 0 Å². The van der Waals surface area contributed by atoms with Crippen LogP contribution in [-0.4, -0.2) is 61.7 Å². The van der Waals surface area contributed by atoms with Crippen molar-refractivity contribution in [1.29, 1.82) is 0 Å². The van der Waals surface area contributed by atoms with Crippen LogP contribution in [0.4, 0.5) is 0 Å². The fourth-order valence-corrected chi connectivity index (χ4v) is 4.43. The van der Waals surface area contributed by atoms with Crippen LogP contribution in [0.3, 0.4) is 0 Å². The molecular weight excluding hydrogens is 234 g/mol. The van der Waals surface area contributed by atoms with Crippen molar-refractivity contribution in [3.63, 3.8) is 0 Å². The van der Waals surface area contributed by atoms with E-state index >= 15 is 0 Å². The van der Waals surface area contributed by atoms with E-state index < -0.39 is 0 Å². The van der Waals surface area contributed by atoms with Crippen LogP contribution < -0.4 is 5.32 Å². The highest BCUT2D eigenvalue weighted by Crippen LogP contribution is 2.32. The number of rotatable bonds is 3. The molecule has 2 saturated heterocycles. The van der Waals surface area contributed by atoms with Crippen molar-refractivity contribution in [2.45, 2.75) is 63.1 Å². The normalized spacial score (nSPS) is 40.6. The molecular formula is C16H31N3. The minimum absolute atomic E-state index is 0.764. The first-order valence-electron chi connectivity index (χ1n) is 8.37. The van der Waals surface area contributed by atoms with Gasteiger partial charge in [0.15, 0.2) is 0 Å². The van der Waals surface area contributed by atoms with Crippen LogP contribution in [0.2, 0.25) is 0 Å². The highest BCUT2D eigenvalue weighted by Gasteiger charge is 2.33. The summed E-state index contributed by atoms with van der Waals surface area (Å²) in [6, 6.07) is 2.39. The van der Waals surface area contributed by atoms with Crippen LogP contribution in [0.15, 0.2) is 0 Å². The molecule has 110 valence electrons. The zero-order valence-electron chi connectivity index (χ0n) is 12.8. The summed E-state index contributed by atoms with van der Waals surface area (Å²) in [5.41, 5.74) is 0. The molecule has 1 N–H and O–H groups in total. The van der Waals surface area contributed by atoms with Crippen LogP contribution in [0.25, 0.3) is 0 Å². The molecule has 3 aliphatic rings. The predicted molar refractivity (Wildman–Crippen MR) is 80.4 cm³/mol. The number of fused-ring (bicyclic) bond motifs is 1. The summed E-state index contributed by atoms with van der Waals surface area (Å²) in [6.45, 7) is 3.86. The van der Waals surface area contributed by atoms with E-state index in [9.17, 15) is 0 Å². The SMILES string of the molecule is CN(C)C1CCN(CC2CCC3CCCCC3N2)C1. The van der Waals surface area contributed by atoms with Gasteiger partial charge in [0.25, 0.3) is 0 Å². The molecule has 1 saturated carbocycles. The fraction of sp³-hybridized carbons (Fsp3) is 1.00. The van der Waals surface area contributed by atoms with Crippen molar-refractivity contribution in [2.75, 3.05) is 33.7 Å². The van der Waals surface area contributed by atoms with E-state index in [-0.39, 0.29) is 0 Å². The Labute approximate surface area is 118 Å². The van der Waals surface area contributed by atoms with Gasteiger partial charge in [0.1, 0.15) is 0 Å². The Hall–Kier alpha value is -0.120. The molecule has 0 aromatic rings. The summed E-state index contributed by atoms with van der Waals surface area (Å²) in [7, 11) is 4.44. The Morgan fingerprint density at radius 3 is 2.68 bits per heavy atom. The molecule has 4 unspecified atom stereocenters. The molecule has 0 aromatic heterocycles. The first kappa shape index (κ1) is 13.8. The number of likely N-dealkylation sites (N-methyl/N-ethyl adjacent to an activating group) is 1. The first-order chi connectivity index (χ1) is 9.22. The molecule has 2 aliphatic heterocycles. The van der Waals surface area contributed by atoms with Gasteiger partial charge in [-0.05, 0) is 58.7 Å². The molecule has 2 heterocycles. The van der Waals surface area contributed by atoms with E-state index in [1.807, 2.05) is 0 Å². The Balaban J connectivity index is 1.46. The lowest BCUT2D eigenvalue weighted by atomic mass is 9.78. The minimum atomic E-state index is 0.764. The molecule has 3 heteroatoms. The van der Waals surface area contributed by atoms with Gasteiger partial charge in [-0.2, -0.15) is 0 Å². The van der Waals surface area contributed by atoms with Crippen molar-refractivity contribution >= 4 is 0 Å². The van der Waals surface area contributed by atoms with E-state index in [0.29, 0.717) is 0 Å². The molecule has 0 spiro atoms. The second-order valence-corrected chi connectivity index (χ2v) is 7.26. The number of nitrogens with one attached hydrogen (secondary N) is 1. The Morgan fingerprint density at radius 1 is 1.05 bits per heavy atom. The van der Waals surface area contributed by atoms with E-state index in [0.717, 1.165) is 24.0 Å². The number of piperidine rings is 1. The Morgan fingerprint density at radius 2 is 1.89 bits per heavy atom. The third-order valence-corrected chi connectivity index (χ3v) is 5.70. The molecule has 0 radical (unpaired) electrons. The van der Waals surface area contributed by atoms with Crippen LogP contribution in [-0.2, 0) is 0 Å². The maximum atomic E-state index is 3.97. The summed E-state index contributed by atoms with van der Waals surface area (Å²) >= 11 is 0. The van der Waals surface area contributed by atoms with Crippen molar-refractivity contribution < 1.29 is 0 Å². The molecule has 0 amide bonds. The number of likely N-dealkylation sites (tertiary alicyclic amines) is 1. The predicted octanol–water partition coefficient (Wildman–Crippen LogP) is 1.93. The van der Waals surface area contributed by atoms with Crippen molar-refractivity contribution in [3.8, 4) is 0 Å².